The van der Waals surface area contributed by atoms with Gasteiger partial charge in [-0.2, -0.15) is 5.10 Å². The second-order valence-electron chi connectivity index (χ2n) is 5.12. The maximum atomic E-state index is 12.2. The summed E-state index contributed by atoms with van der Waals surface area (Å²) in [6.07, 6.45) is 2.17. The highest BCUT2D eigenvalue weighted by Crippen LogP contribution is 2.22. The van der Waals surface area contributed by atoms with Gasteiger partial charge in [0.1, 0.15) is 0 Å². The van der Waals surface area contributed by atoms with Crippen LogP contribution in [0.1, 0.15) is 11.3 Å². The quantitative estimate of drug-likeness (QED) is 0.712. The van der Waals surface area contributed by atoms with Crippen molar-refractivity contribution in [2.75, 3.05) is 7.05 Å². The number of nitrogens with zero attached hydrogens (tertiary/aromatic N) is 3. The number of hydrogen-bond acceptors (Lipinski definition) is 3. The number of hydrogen-bond donors (Lipinski definition) is 0. The Morgan fingerprint density at radius 1 is 1.36 bits per heavy atom. The number of benzene rings is 1. The summed E-state index contributed by atoms with van der Waals surface area (Å²) < 4.78 is 1.83. The van der Waals surface area contributed by atoms with Crippen molar-refractivity contribution < 1.29 is 4.79 Å². The van der Waals surface area contributed by atoms with Crippen LogP contribution in [0.5, 0.6) is 0 Å². The standard InChI is InChI=1S/C16H16ClN3OS/c1-19(11-12-4-3-9-22-12)16(21)7-8-20-15-6-2-5-14(17)13(15)10-18-20/h2-6,9-10H,7-8,11H2,1H3. The SMILES string of the molecule is CN(Cc1cccs1)C(=O)CCn1ncc2c(Cl)cccc21. The molecule has 0 saturated carbocycles. The van der Waals surface area contributed by atoms with Gasteiger partial charge in [0.25, 0.3) is 0 Å². The zero-order chi connectivity index (χ0) is 15.5. The summed E-state index contributed by atoms with van der Waals surface area (Å²) in [5, 5.41) is 7.95. The summed E-state index contributed by atoms with van der Waals surface area (Å²) in [6.45, 7) is 1.21. The number of carbonyl (C=O) groups is 1. The van der Waals surface area contributed by atoms with Crippen LogP contribution >= 0.6 is 22.9 Å². The Bertz CT molecular complexity index is 782. The molecule has 0 bridgehead atoms. The number of carbonyl (C=O) groups excluding carboxylic acids is 1. The molecule has 0 aliphatic heterocycles. The molecule has 2 heterocycles. The fourth-order valence-electron chi connectivity index (χ4n) is 2.36. The van der Waals surface area contributed by atoms with Gasteiger partial charge in [-0.1, -0.05) is 23.7 Å². The molecule has 0 aliphatic rings. The van der Waals surface area contributed by atoms with E-state index in [0.717, 1.165) is 10.9 Å². The Balaban J connectivity index is 1.63. The molecule has 0 saturated heterocycles. The van der Waals surface area contributed by atoms with Crippen molar-refractivity contribution in [1.82, 2.24) is 14.7 Å². The van der Waals surface area contributed by atoms with E-state index in [9.17, 15) is 4.79 Å². The van der Waals surface area contributed by atoms with Gasteiger partial charge in [-0.15, -0.1) is 11.3 Å². The summed E-state index contributed by atoms with van der Waals surface area (Å²) in [5.74, 6) is 0.110. The normalized spacial score (nSPS) is 11.0. The second-order valence-corrected chi connectivity index (χ2v) is 6.56. The number of aromatic nitrogens is 2. The lowest BCUT2D eigenvalue weighted by Gasteiger charge is -2.16. The summed E-state index contributed by atoms with van der Waals surface area (Å²) in [6, 6.07) is 9.74. The first-order chi connectivity index (χ1) is 10.6. The first kappa shape index (κ1) is 15.1. The Labute approximate surface area is 137 Å². The third-order valence-electron chi connectivity index (χ3n) is 3.57. The highest BCUT2D eigenvalue weighted by molar-refractivity contribution is 7.09. The van der Waals surface area contributed by atoms with Gasteiger partial charge in [0.15, 0.2) is 0 Å². The predicted octanol–water partition coefficient (Wildman–Crippen LogP) is 3.80. The van der Waals surface area contributed by atoms with Crippen LogP contribution in [0.15, 0.2) is 41.9 Å². The molecule has 2 aromatic heterocycles. The average Bonchev–Trinajstić information content (AvgIpc) is 3.15. The molecule has 22 heavy (non-hydrogen) atoms. The van der Waals surface area contributed by atoms with Gasteiger partial charge in [-0.25, -0.2) is 0 Å². The van der Waals surface area contributed by atoms with Gasteiger partial charge in [0.2, 0.25) is 5.91 Å². The third-order valence-corrected chi connectivity index (χ3v) is 4.76. The van der Waals surface area contributed by atoms with Gasteiger partial charge >= 0.3 is 0 Å². The Kier molecular flexibility index (Phi) is 4.45. The Morgan fingerprint density at radius 2 is 2.23 bits per heavy atom. The summed E-state index contributed by atoms with van der Waals surface area (Å²) in [5.41, 5.74) is 0.959. The van der Waals surface area contributed by atoms with Crippen molar-refractivity contribution >= 4 is 39.7 Å². The average molecular weight is 334 g/mol. The molecule has 6 heteroatoms. The molecule has 1 amide bonds. The topological polar surface area (TPSA) is 38.1 Å². The first-order valence-electron chi connectivity index (χ1n) is 7.01. The van der Waals surface area contributed by atoms with E-state index in [2.05, 4.69) is 5.10 Å². The maximum absolute atomic E-state index is 12.2. The molecule has 3 aromatic rings. The molecule has 0 aliphatic carbocycles. The molecule has 0 N–H and O–H groups in total. The molecule has 1 aromatic carbocycles. The molecule has 0 atom stereocenters. The van der Waals surface area contributed by atoms with E-state index in [1.807, 2.05) is 47.4 Å². The van der Waals surface area contributed by atoms with Crippen molar-refractivity contribution in [2.45, 2.75) is 19.5 Å². The zero-order valence-electron chi connectivity index (χ0n) is 12.2. The lowest BCUT2D eigenvalue weighted by Crippen LogP contribution is -2.26. The van der Waals surface area contributed by atoms with Gasteiger partial charge in [0.05, 0.1) is 29.8 Å². The molecule has 3 rings (SSSR count). The molecule has 114 valence electrons. The van der Waals surface area contributed by atoms with E-state index in [4.69, 9.17) is 11.6 Å². The van der Waals surface area contributed by atoms with Gasteiger partial charge in [-0.05, 0) is 23.6 Å². The van der Waals surface area contributed by atoms with Gasteiger partial charge < -0.3 is 4.90 Å². The highest BCUT2D eigenvalue weighted by Gasteiger charge is 2.12. The van der Waals surface area contributed by atoms with Crippen molar-refractivity contribution in [3.8, 4) is 0 Å². The van der Waals surface area contributed by atoms with Crippen LogP contribution in [-0.2, 0) is 17.9 Å². The maximum Gasteiger partial charge on any atom is 0.224 e. The van der Waals surface area contributed by atoms with Crippen LogP contribution in [0, 0.1) is 0 Å². The van der Waals surface area contributed by atoms with Crippen LogP contribution in [0.2, 0.25) is 5.02 Å². The molecule has 0 radical (unpaired) electrons. The number of halogens is 1. The van der Waals surface area contributed by atoms with Crippen molar-refractivity contribution in [2.24, 2.45) is 0 Å². The molecular weight excluding hydrogens is 318 g/mol. The molecule has 0 spiro atoms. The fourth-order valence-corrected chi connectivity index (χ4v) is 3.34. The van der Waals surface area contributed by atoms with Crippen LogP contribution in [0.25, 0.3) is 10.9 Å². The number of fused-ring (bicyclic) bond motifs is 1. The molecule has 0 unspecified atom stereocenters. The highest BCUT2D eigenvalue weighted by atomic mass is 35.5. The number of rotatable bonds is 5. The summed E-state index contributed by atoms with van der Waals surface area (Å²) >= 11 is 7.80. The first-order valence-corrected chi connectivity index (χ1v) is 8.27. The number of thiophene rings is 1. The molecular formula is C16H16ClN3OS. The molecule has 0 fully saturated rings. The van der Waals surface area contributed by atoms with Crippen molar-refractivity contribution in [3.05, 3.63) is 51.8 Å². The predicted molar refractivity (Wildman–Crippen MR) is 90.2 cm³/mol. The largest absolute Gasteiger partial charge is 0.341 e. The number of amides is 1. The smallest absolute Gasteiger partial charge is 0.224 e. The summed E-state index contributed by atoms with van der Waals surface area (Å²) in [7, 11) is 1.83. The van der Waals surface area contributed by atoms with Crippen LogP contribution in [-0.4, -0.2) is 27.6 Å². The van der Waals surface area contributed by atoms with E-state index < -0.39 is 0 Å². The Hall–Kier alpha value is -1.85. The molecule has 4 nitrogen and oxygen atoms in total. The van der Waals surface area contributed by atoms with Crippen LogP contribution in [0.4, 0.5) is 0 Å². The van der Waals surface area contributed by atoms with Crippen molar-refractivity contribution in [1.29, 1.82) is 0 Å². The monoisotopic (exact) mass is 333 g/mol. The third kappa shape index (κ3) is 3.15. The van der Waals surface area contributed by atoms with Crippen LogP contribution in [0.3, 0.4) is 0 Å². The second kappa shape index (κ2) is 6.50. The minimum absolute atomic E-state index is 0.110. The Morgan fingerprint density at radius 3 is 3.00 bits per heavy atom. The van der Waals surface area contributed by atoms with E-state index in [-0.39, 0.29) is 5.91 Å². The minimum Gasteiger partial charge on any atom is -0.341 e. The number of aryl methyl sites for hydroxylation is 1. The van der Waals surface area contributed by atoms with E-state index in [0.29, 0.717) is 24.5 Å². The fraction of sp³-hybridized carbons (Fsp3) is 0.250. The van der Waals surface area contributed by atoms with Crippen LogP contribution < -0.4 is 0 Å². The van der Waals surface area contributed by atoms with Gasteiger partial charge in [0, 0.05) is 23.7 Å². The van der Waals surface area contributed by atoms with Crippen molar-refractivity contribution in [3.63, 3.8) is 0 Å². The van der Waals surface area contributed by atoms with E-state index >= 15 is 0 Å². The van der Waals surface area contributed by atoms with Gasteiger partial charge in [-0.3, -0.25) is 9.48 Å². The zero-order valence-corrected chi connectivity index (χ0v) is 13.8. The van der Waals surface area contributed by atoms with E-state index in [1.54, 1.807) is 22.4 Å². The summed E-state index contributed by atoms with van der Waals surface area (Å²) in [4.78, 5) is 15.2. The van der Waals surface area contributed by atoms with E-state index in [1.165, 1.54) is 4.88 Å². The minimum atomic E-state index is 0.110. The lowest BCUT2D eigenvalue weighted by atomic mass is 10.2. The lowest BCUT2D eigenvalue weighted by molar-refractivity contribution is -0.130.